The van der Waals surface area contributed by atoms with E-state index >= 15 is 0 Å². The predicted octanol–water partition coefficient (Wildman–Crippen LogP) is 3.07. The highest BCUT2D eigenvalue weighted by molar-refractivity contribution is 5.98. The van der Waals surface area contributed by atoms with E-state index in [1.807, 2.05) is 34.6 Å². The third-order valence-electron chi connectivity index (χ3n) is 7.39. The number of nitrogens with zero attached hydrogens (tertiary/aromatic N) is 3. The monoisotopic (exact) mass is 470 g/mol. The van der Waals surface area contributed by atoms with Crippen molar-refractivity contribution in [2.45, 2.75) is 79.3 Å². The second-order valence-corrected chi connectivity index (χ2v) is 11.3. The van der Waals surface area contributed by atoms with Gasteiger partial charge in [-0.25, -0.2) is 4.98 Å². The molecule has 2 heterocycles. The van der Waals surface area contributed by atoms with Crippen LogP contribution in [0, 0.1) is 29.1 Å². The van der Waals surface area contributed by atoms with Crippen molar-refractivity contribution in [3.05, 3.63) is 24.3 Å². The van der Waals surface area contributed by atoms with Gasteiger partial charge in [0, 0.05) is 31.3 Å². The van der Waals surface area contributed by atoms with Crippen LogP contribution in [-0.4, -0.2) is 56.9 Å². The molecule has 1 aliphatic carbocycles. The topological polar surface area (TPSA) is 109 Å². The first-order valence-corrected chi connectivity index (χ1v) is 12.3. The first-order chi connectivity index (χ1) is 15.9. The van der Waals surface area contributed by atoms with Crippen molar-refractivity contribution in [1.82, 2.24) is 20.2 Å². The van der Waals surface area contributed by atoms with E-state index in [0.717, 1.165) is 19.3 Å². The molecule has 0 radical (unpaired) electrons. The number of aromatic nitrogens is 2. The highest BCUT2D eigenvalue weighted by atomic mass is 16.2. The van der Waals surface area contributed by atoms with E-state index in [9.17, 15) is 19.2 Å². The van der Waals surface area contributed by atoms with Gasteiger partial charge in [-0.15, -0.1) is 0 Å². The fourth-order valence-corrected chi connectivity index (χ4v) is 5.50. The molecule has 1 N–H and O–H groups in total. The number of fused-ring (bicyclic) bond motifs is 1. The molecule has 0 bridgehead atoms. The number of carbonyl (C=O) groups excluding carboxylic acids is 4. The van der Waals surface area contributed by atoms with Gasteiger partial charge in [0.1, 0.15) is 11.7 Å². The minimum Gasteiger partial charge on any atom is -0.344 e. The van der Waals surface area contributed by atoms with Crippen LogP contribution in [0.4, 0.5) is 0 Å². The fourth-order valence-electron chi connectivity index (χ4n) is 5.50. The van der Waals surface area contributed by atoms with Gasteiger partial charge in [0.2, 0.25) is 11.8 Å². The molecule has 8 nitrogen and oxygen atoms in total. The van der Waals surface area contributed by atoms with Crippen molar-refractivity contribution in [2.24, 2.45) is 29.1 Å². The van der Waals surface area contributed by atoms with E-state index in [-0.39, 0.29) is 47.3 Å². The van der Waals surface area contributed by atoms with E-state index in [4.69, 9.17) is 0 Å². The number of hydrogen-bond acceptors (Lipinski definition) is 6. The molecule has 1 aromatic heterocycles. The first kappa shape index (κ1) is 26.0. The molecule has 1 aromatic rings. The molecule has 1 aliphatic heterocycles. The predicted molar refractivity (Wildman–Crippen MR) is 128 cm³/mol. The SMILES string of the molecule is CC(=O)C1[C@H]2CCC[C@H]2CN1C(=O)[C@@H](NC(=O)[C@@H](CC(=O)c1cnccn1)C(C)C)C(C)(C)C. The fraction of sp³-hybridized carbons (Fsp3) is 0.692. The Balaban J connectivity index is 1.79. The van der Waals surface area contributed by atoms with Gasteiger partial charge in [-0.3, -0.25) is 24.2 Å². The van der Waals surface area contributed by atoms with Crippen LogP contribution in [0.5, 0.6) is 0 Å². The van der Waals surface area contributed by atoms with Crippen LogP contribution in [0.1, 0.15) is 77.7 Å². The van der Waals surface area contributed by atoms with Gasteiger partial charge >= 0.3 is 0 Å². The summed E-state index contributed by atoms with van der Waals surface area (Å²) in [5.41, 5.74) is -0.348. The molecule has 8 heteroatoms. The number of amides is 2. The highest BCUT2D eigenvalue weighted by Crippen LogP contribution is 2.43. The van der Waals surface area contributed by atoms with Gasteiger partial charge in [-0.1, -0.05) is 41.0 Å². The van der Waals surface area contributed by atoms with Gasteiger partial charge in [0.25, 0.3) is 0 Å². The minimum absolute atomic E-state index is 0.0105. The summed E-state index contributed by atoms with van der Waals surface area (Å²) in [7, 11) is 0. The van der Waals surface area contributed by atoms with Crippen molar-refractivity contribution in [1.29, 1.82) is 0 Å². The number of nitrogens with one attached hydrogen (secondary N) is 1. The normalized spacial score (nSPS) is 24.0. The average Bonchev–Trinajstić information content (AvgIpc) is 3.35. The Bertz CT molecular complexity index is 924. The van der Waals surface area contributed by atoms with Gasteiger partial charge in [-0.05, 0) is 42.9 Å². The Hall–Kier alpha value is -2.64. The zero-order chi connectivity index (χ0) is 25.2. The molecule has 2 amide bonds. The van der Waals surface area contributed by atoms with Crippen LogP contribution in [0.2, 0.25) is 0 Å². The Kier molecular flexibility index (Phi) is 7.88. The molecule has 186 valence electrons. The summed E-state index contributed by atoms with van der Waals surface area (Å²) in [4.78, 5) is 62.1. The smallest absolute Gasteiger partial charge is 0.246 e. The highest BCUT2D eigenvalue weighted by Gasteiger charge is 2.50. The number of ketones is 2. The maximum absolute atomic E-state index is 13.8. The summed E-state index contributed by atoms with van der Waals surface area (Å²) in [6, 6.07) is -1.21. The second-order valence-electron chi connectivity index (χ2n) is 11.3. The van der Waals surface area contributed by atoms with E-state index in [0.29, 0.717) is 12.5 Å². The number of Topliss-reactive ketones (excluding diaryl/α,β-unsaturated/α-hetero) is 2. The lowest BCUT2D eigenvalue weighted by Gasteiger charge is -2.37. The molecule has 0 spiro atoms. The number of hydrogen-bond donors (Lipinski definition) is 1. The molecule has 3 rings (SSSR count). The largest absolute Gasteiger partial charge is 0.344 e. The van der Waals surface area contributed by atoms with Gasteiger partial charge < -0.3 is 10.2 Å². The van der Waals surface area contributed by atoms with Crippen molar-refractivity contribution < 1.29 is 19.2 Å². The third-order valence-corrected chi connectivity index (χ3v) is 7.39. The Labute approximate surface area is 202 Å². The molecule has 1 saturated heterocycles. The molecule has 1 unspecified atom stereocenters. The number of rotatable bonds is 8. The van der Waals surface area contributed by atoms with E-state index in [1.54, 1.807) is 11.8 Å². The Morgan fingerprint density at radius 2 is 1.85 bits per heavy atom. The lowest BCUT2D eigenvalue weighted by atomic mass is 9.83. The molecule has 2 fully saturated rings. The van der Waals surface area contributed by atoms with Crippen LogP contribution < -0.4 is 5.32 Å². The number of carbonyl (C=O) groups is 4. The standard InChI is InChI=1S/C26H38N4O4/c1-15(2)19(12-21(32)20-13-27-10-11-28-20)24(33)29-23(26(4,5)6)25(34)30-14-17-8-7-9-18(17)22(30)16(3)31/h10-11,13,15,17-19,22-23H,7-9,12,14H2,1-6H3,(H,29,33)/t17-,18-,19-,22?,23+/m0/s1. The molecule has 0 aromatic carbocycles. The Morgan fingerprint density at radius 3 is 2.41 bits per heavy atom. The maximum atomic E-state index is 13.8. The maximum Gasteiger partial charge on any atom is 0.246 e. The molecular formula is C26H38N4O4. The molecule has 2 aliphatic rings. The van der Waals surface area contributed by atoms with Gasteiger partial charge in [0.05, 0.1) is 12.2 Å². The van der Waals surface area contributed by atoms with E-state index in [1.165, 1.54) is 18.6 Å². The average molecular weight is 471 g/mol. The van der Waals surface area contributed by atoms with Crippen molar-refractivity contribution in [3.8, 4) is 0 Å². The molecule has 1 saturated carbocycles. The summed E-state index contributed by atoms with van der Waals surface area (Å²) >= 11 is 0. The van der Waals surface area contributed by atoms with E-state index in [2.05, 4.69) is 15.3 Å². The summed E-state index contributed by atoms with van der Waals surface area (Å²) in [6.45, 7) is 11.6. The van der Waals surface area contributed by atoms with Crippen LogP contribution >= 0.6 is 0 Å². The summed E-state index contributed by atoms with van der Waals surface area (Å²) in [5, 5.41) is 2.97. The van der Waals surface area contributed by atoms with Crippen molar-refractivity contribution >= 4 is 23.4 Å². The summed E-state index contributed by atoms with van der Waals surface area (Å²) in [5.74, 6) is -0.965. The van der Waals surface area contributed by atoms with Crippen molar-refractivity contribution in [3.63, 3.8) is 0 Å². The Morgan fingerprint density at radius 1 is 1.15 bits per heavy atom. The molecular weight excluding hydrogens is 432 g/mol. The van der Waals surface area contributed by atoms with E-state index < -0.39 is 23.4 Å². The minimum atomic E-state index is -0.798. The zero-order valence-electron chi connectivity index (χ0n) is 21.2. The summed E-state index contributed by atoms with van der Waals surface area (Å²) in [6.07, 6.45) is 7.40. The lowest BCUT2D eigenvalue weighted by Crippen LogP contribution is -2.58. The van der Waals surface area contributed by atoms with Gasteiger partial charge in [-0.2, -0.15) is 0 Å². The van der Waals surface area contributed by atoms with Crippen LogP contribution in [-0.2, 0) is 14.4 Å². The first-order valence-electron chi connectivity index (χ1n) is 12.3. The second kappa shape index (κ2) is 10.3. The zero-order valence-corrected chi connectivity index (χ0v) is 21.2. The quantitative estimate of drug-likeness (QED) is 0.585. The molecule has 34 heavy (non-hydrogen) atoms. The van der Waals surface area contributed by atoms with Crippen LogP contribution in [0.15, 0.2) is 18.6 Å². The van der Waals surface area contributed by atoms with Crippen LogP contribution in [0.25, 0.3) is 0 Å². The molecule has 5 atom stereocenters. The lowest BCUT2D eigenvalue weighted by molar-refractivity contribution is -0.144. The third kappa shape index (κ3) is 5.53. The number of likely N-dealkylation sites (tertiary alicyclic amines) is 1. The van der Waals surface area contributed by atoms with Crippen LogP contribution in [0.3, 0.4) is 0 Å². The van der Waals surface area contributed by atoms with Crippen molar-refractivity contribution in [2.75, 3.05) is 6.54 Å². The van der Waals surface area contributed by atoms with Gasteiger partial charge in [0.15, 0.2) is 11.6 Å². The summed E-state index contributed by atoms with van der Waals surface area (Å²) < 4.78 is 0.